The monoisotopic (exact) mass is 163 g/mol. The quantitative estimate of drug-likeness (QED) is 0.609. The molecule has 2 aromatic heterocycles. The lowest BCUT2D eigenvalue weighted by molar-refractivity contribution is 0.751. The first-order chi connectivity index (χ1) is 5.43. The van der Waals surface area contributed by atoms with E-state index in [-0.39, 0.29) is 0 Å². The van der Waals surface area contributed by atoms with Crippen molar-refractivity contribution >= 4 is 21.4 Å². The third-order valence-electron chi connectivity index (χ3n) is 2.25. The summed E-state index contributed by atoms with van der Waals surface area (Å²) in [5, 5.41) is 3.56. The van der Waals surface area contributed by atoms with Crippen LogP contribution in [-0.4, -0.2) is 4.57 Å². The first-order valence-corrected chi connectivity index (χ1v) is 4.86. The maximum atomic E-state index is 2.36. The SMILES string of the molecule is c1cc2cn(C3CC3)cc2s1. The molecular weight excluding hydrogens is 154 g/mol. The van der Waals surface area contributed by atoms with Gasteiger partial charge in [0.05, 0.1) is 4.70 Å². The Morgan fingerprint density at radius 2 is 2.27 bits per heavy atom. The van der Waals surface area contributed by atoms with Crippen LogP contribution in [0.25, 0.3) is 10.1 Å². The number of nitrogens with zero attached hydrogens (tertiary/aromatic N) is 1. The van der Waals surface area contributed by atoms with Crippen molar-refractivity contribution in [3.05, 3.63) is 23.8 Å². The van der Waals surface area contributed by atoms with E-state index in [4.69, 9.17) is 0 Å². The van der Waals surface area contributed by atoms with E-state index in [1.165, 1.54) is 22.9 Å². The largest absolute Gasteiger partial charge is 0.349 e. The van der Waals surface area contributed by atoms with Crippen LogP contribution in [0.5, 0.6) is 0 Å². The number of hydrogen-bond donors (Lipinski definition) is 0. The average Bonchev–Trinajstić information content (AvgIpc) is 2.60. The molecule has 0 aromatic carbocycles. The Hall–Kier alpha value is -0.760. The molecule has 1 saturated carbocycles. The van der Waals surface area contributed by atoms with Crippen molar-refractivity contribution in [2.75, 3.05) is 0 Å². The Kier molecular flexibility index (Phi) is 1.00. The van der Waals surface area contributed by atoms with Crippen LogP contribution in [-0.2, 0) is 0 Å². The summed E-state index contributed by atoms with van der Waals surface area (Å²) < 4.78 is 3.79. The van der Waals surface area contributed by atoms with Crippen LogP contribution in [0.1, 0.15) is 18.9 Å². The standard InChI is InChI=1S/C9H9NS/c1-2-8(1)10-5-7-3-4-11-9(7)6-10/h3-6,8H,1-2H2. The molecule has 0 amide bonds. The van der Waals surface area contributed by atoms with Gasteiger partial charge in [-0.15, -0.1) is 11.3 Å². The highest BCUT2D eigenvalue weighted by atomic mass is 32.1. The highest BCUT2D eigenvalue weighted by Gasteiger charge is 2.22. The Balaban J connectivity index is 2.22. The molecule has 0 aliphatic heterocycles. The number of thiophene rings is 1. The molecule has 0 atom stereocenters. The molecule has 1 aliphatic carbocycles. The minimum atomic E-state index is 0.828. The molecule has 2 aromatic rings. The number of fused-ring (bicyclic) bond motifs is 1. The Labute approximate surface area is 69.3 Å². The van der Waals surface area contributed by atoms with Crippen LogP contribution in [0.3, 0.4) is 0 Å². The van der Waals surface area contributed by atoms with Gasteiger partial charge in [0.25, 0.3) is 0 Å². The van der Waals surface area contributed by atoms with Crippen molar-refractivity contribution in [3.63, 3.8) is 0 Å². The normalized spacial score (nSPS) is 17.8. The average molecular weight is 163 g/mol. The predicted octanol–water partition coefficient (Wildman–Crippen LogP) is 3.04. The van der Waals surface area contributed by atoms with Crippen LogP contribution < -0.4 is 0 Å². The van der Waals surface area contributed by atoms with Gasteiger partial charge in [0.15, 0.2) is 0 Å². The summed E-state index contributed by atoms with van der Waals surface area (Å²) in [5.41, 5.74) is 0. The number of aromatic nitrogens is 1. The Morgan fingerprint density at radius 1 is 1.36 bits per heavy atom. The molecule has 0 N–H and O–H groups in total. The van der Waals surface area contributed by atoms with Gasteiger partial charge >= 0.3 is 0 Å². The number of rotatable bonds is 1. The fourth-order valence-corrected chi connectivity index (χ4v) is 2.26. The van der Waals surface area contributed by atoms with Gasteiger partial charge in [0.2, 0.25) is 0 Å². The zero-order chi connectivity index (χ0) is 7.26. The molecule has 0 unspecified atom stereocenters. The molecule has 2 heteroatoms. The molecule has 3 rings (SSSR count). The smallest absolute Gasteiger partial charge is 0.0519 e. The third kappa shape index (κ3) is 0.824. The Morgan fingerprint density at radius 3 is 3.00 bits per heavy atom. The van der Waals surface area contributed by atoms with Gasteiger partial charge in [-0.1, -0.05) is 0 Å². The van der Waals surface area contributed by atoms with Crippen LogP contribution in [0.4, 0.5) is 0 Å². The van der Waals surface area contributed by atoms with Crippen molar-refractivity contribution in [1.29, 1.82) is 0 Å². The van der Waals surface area contributed by atoms with Crippen LogP contribution in [0.15, 0.2) is 23.8 Å². The summed E-state index contributed by atoms with van der Waals surface area (Å²) in [6.07, 6.45) is 7.30. The van der Waals surface area contributed by atoms with Crippen molar-refractivity contribution in [1.82, 2.24) is 4.57 Å². The molecule has 11 heavy (non-hydrogen) atoms. The summed E-state index contributed by atoms with van der Waals surface area (Å²) in [6, 6.07) is 3.02. The van der Waals surface area contributed by atoms with Gasteiger partial charge < -0.3 is 4.57 Å². The lowest BCUT2D eigenvalue weighted by Crippen LogP contribution is -1.85. The second-order valence-electron chi connectivity index (χ2n) is 3.18. The van der Waals surface area contributed by atoms with E-state index in [1.54, 1.807) is 0 Å². The summed E-state index contributed by atoms with van der Waals surface area (Å²) in [6.45, 7) is 0. The van der Waals surface area contributed by atoms with E-state index in [2.05, 4.69) is 28.4 Å². The van der Waals surface area contributed by atoms with Gasteiger partial charge in [-0.25, -0.2) is 0 Å². The van der Waals surface area contributed by atoms with Crippen LogP contribution in [0.2, 0.25) is 0 Å². The van der Waals surface area contributed by atoms with Crippen molar-refractivity contribution in [2.24, 2.45) is 0 Å². The zero-order valence-electron chi connectivity index (χ0n) is 6.16. The van der Waals surface area contributed by atoms with Crippen molar-refractivity contribution in [2.45, 2.75) is 18.9 Å². The fraction of sp³-hybridized carbons (Fsp3) is 0.333. The summed E-state index contributed by atoms with van der Waals surface area (Å²) in [7, 11) is 0. The molecule has 1 aliphatic rings. The third-order valence-corrected chi connectivity index (χ3v) is 3.12. The number of hydrogen-bond acceptors (Lipinski definition) is 1. The van der Waals surface area contributed by atoms with E-state index in [9.17, 15) is 0 Å². The zero-order valence-corrected chi connectivity index (χ0v) is 6.97. The summed E-state index contributed by atoms with van der Waals surface area (Å²) in [4.78, 5) is 0. The molecular formula is C9H9NS. The van der Waals surface area contributed by atoms with Crippen LogP contribution in [0, 0.1) is 0 Å². The van der Waals surface area contributed by atoms with Crippen molar-refractivity contribution in [3.8, 4) is 0 Å². The first-order valence-electron chi connectivity index (χ1n) is 3.98. The van der Waals surface area contributed by atoms with E-state index >= 15 is 0 Å². The Bertz CT molecular complexity index is 352. The summed E-state index contributed by atoms with van der Waals surface area (Å²) in [5.74, 6) is 0. The molecule has 0 spiro atoms. The van der Waals surface area contributed by atoms with Gasteiger partial charge in [0.1, 0.15) is 0 Å². The highest BCUT2D eigenvalue weighted by molar-refractivity contribution is 7.17. The molecule has 56 valence electrons. The van der Waals surface area contributed by atoms with Crippen LogP contribution >= 0.6 is 11.3 Å². The van der Waals surface area contributed by atoms with E-state index in [1.807, 2.05) is 11.3 Å². The molecule has 0 radical (unpaired) electrons. The molecule has 2 heterocycles. The van der Waals surface area contributed by atoms with E-state index in [0.29, 0.717) is 0 Å². The molecule has 0 bridgehead atoms. The molecule has 1 fully saturated rings. The molecule has 0 saturated heterocycles. The summed E-state index contributed by atoms with van der Waals surface area (Å²) >= 11 is 1.83. The topological polar surface area (TPSA) is 4.93 Å². The van der Waals surface area contributed by atoms with Crippen molar-refractivity contribution < 1.29 is 0 Å². The maximum absolute atomic E-state index is 2.36. The predicted molar refractivity (Wildman–Crippen MR) is 48.1 cm³/mol. The van der Waals surface area contributed by atoms with Gasteiger partial charge in [0, 0.05) is 23.8 Å². The van der Waals surface area contributed by atoms with Gasteiger partial charge in [-0.3, -0.25) is 0 Å². The lowest BCUT2D eigenvalue weighted by Gasteiger charge is -1.94. The molecule has 1 nitrogen and oxygen atoms in total. The second kappa shape index (κ2) is 1.89. The highest BCUT2D eigenvalue weighted by Crippen LogP contribution is 2.37. The van der Waals surface area contributed by atoms with Gasteiger partial charge in [-0.2, -0.15) is 0 Å². The first kappa shape index (κ1) is 5.84. The van der Waals surface area contributed by atoms with Gasteiger partial charge in [-0.05, 0) is 24.3 Å². The second-order valence-corrected chi connectivity index (χ2v) is 4.12. The van der Waals surface area contributed by atoms with E-state index < -0.39 is 0 Å². The lowest BCUT2D eigenvalue weighted by atomic mass is 10.4. The fourth-order valence-electron chi connectivity index (χ4n) is 1.46. The minimum absolute atomic E-state index is 0.828. The van der Waals surface area contributed by atoms with E-state index in [0.717, 1.165) is 6.04 Å². The maximum Gasteiger partial charge on any atom is 0.0519 e. The minimum Gasteiger partial charge on any atom is -0.349 e.